The highest BCUT2D eigenvalue weighted by atomic mass is 32.2. The Morgan fingerprint density at radius 1 is 0.941 bits per heavy atom. The molecule has 1 aliphatic heterocycles. The van der Waals surface area contributed by atoms with E-state index in [9.17, 15) is 4.79 Å². The Balaban J connectivity index is 1.95. The number of fused-ring (bicyclic) bond motifs is 1. The van der Waals surface area contributed by atoms with Gasteiger partial charge in [0.1, 0.15) is 5.88 Å². The summed E-state index contributed by atoms with van der Waals surface area (Å²) in [5.74, 6) is 1.88. The Bertz CT molecular complexity index is 553. The standard InChI is InChI=1S/C14H10NOS/c16-14(11-6-2-1-3-7-11)15-10-17-13-9-5-4-8-12(13)15/h1-10H. The predicted octanol–water partition coefficient (Wildman–Crippen LogP) is 3.56. The Morgan fingerprint density at radius 3 is 2.47 bits per heavy atom. The summed E-state index contributed by atoms with van der Waals surface area (Å²) in [6, 6.07) is 17.3. The van der Waals surface area contributed by atoms with E-state index in [4.69, 9.17) is 0 Å². The highest BCUT2D eigenvalue weighted by molar-refractivity contribution is 8.02. The number of anilines is 1. The maximum Gasteiger partial charge on any atom is 0.259 e. The molecule has 0 bridgehead atoms. The number of carbonyl (C=O) groups is 1. The molecule has 0 fully saturated rings. The molecule has 1 amide bonds. The van der Waals surface area contributed by atoms with Gasteiger partial charge in [-0.25, -0.2) is 0 Å². The van der Waals surface area contributed by atoms with Gasteiger partial charge < -0.3 is 0 Å². The number of rotatable bonds is 1. The van der Waals surface area contributed by atoms with Crippen LogP contribution < -0.4 is 4.90 Å². The van der Waals surface area contributed by atoms with Gasteiger partial charge in [0.2, 0.25) is 0 Å². The molecule has 0 aromatic heterocycles. The topological polar surface area (TPSA) is 20.3 Å². The van der Waals surface area contributed by atoms with E-state index < -0.39 is 0 Å². The third-order valence-electron chi connectivity index (χ3n) is 2.65. The van der Waals surface area contributed by atoms with Crippen molar-refractivity contribution in [1.29, 1.82) is 0 Å². The second kappa shape index (κ2) is 4.26. The average molecular weight is 240 g/mol. The molecule has 1 radical (unpaired) electrons. The molecule has 2 nitrogen and oxygen atoms in total. The van der Waals surface area contributed by atoms with Crippen molar-refractivity contribution in [3.05, 3.63) is 66.0 Å². The zero-order valence-electron chi connectivity index (χ0n) is 9.04. The molecule has 1 aliphatic rings. The molecular weight excluding hydrogens is 230 g/mol. The quantitative estimate of drug-likeness (QED) is 0.759. The molecule has 3 rings (SSSR count). The number of thioether (sulfide) groups is 1. The van der Waals surface area contributed by atoms with E-state index >= 15 is 0 Å². The van der Waals surface area contributed by atoms with Crippen LogP contribution in [-0.2, 0) is 0 Å². The second-order valence-corrected chi connectivity index (χ2v) is 4.62. The number of carbonyl (C=O) groups excluding carboxylic acids is 1. The van der Waals surface area contributed by atoms with Gasteiger partial charge in [0.15, 0.2) is 0 Å². The van der Waals surface area contributed by atoms with Gasteiger partial charge in [-0.05, 0) is 24.3 Å². The SMILES string of the molecule is O=C(c1ccccc1)N1[CH]Sc2ccccc21. The summed E-state index contributed by atoms with van der Waals surface area (Å²) in [4.78, 5) is 15.1. The van der Waals surface area contributed by atoms with Gasteiger partial charge in [-0.3, -0.25) is 9.69 Å². The van der Waals surface area contributed by atoms with E-state index in [-0.39, 0.29) is 5.91 Å². The summed E-state index contributed by atoms with van der Waals surface area (Å²) in [6.07, 6.45) is 0. The first-order valence-electron chi connectivity index (χ1n) is 5.34. The maximum absolute atomic E-state index is 12.3. The van der Waals surface area contributed by atoms with E-state index in [0.29, 0.717) is 5.56 Å². The van der Waals surface area contributed by atoms with Crippen LogP contribution in [0.15, 0.2) is 59.5 Å². The van der Waals surface area contributed by atoms with Crippen LogP contribution in [0, 0.1) is 5.88 Å². The van der Waals surface area contributed by atoms with Gasteiger partial charge >= 0.3 is 0 Å². The van der Waals surface area contributed by atoms with Crippen molar-refractivity contribution in [2.24, 2.45) is 0 Å². The molecule has 0 N–H and O–H groups in total. The summed E-state index contributed by atoms with van der Waals surface area (Å²) < 4.78 is 0. The van der Waals surface area contributed by atoms with Crippen molar-refractivity contribution in [1.82, 2.24) is 0 Å². The van der Waals surface area contributed by atoms with Crippen LogP contribution in [-0.4, -0.2) is 5.91 Å². The number of para-hydroxylation sites is 1. The van der Waals surface area contributed by atoms with Crippen LogP contribution in [0.25, 0.3) is 0 Å². The fourth-order valence-corrected chi connectivity index (χ4v) is 2.67. The van der Waals surface area contributed by atoms with Gasteiger partial charge in [-0.1, -0.05) is 42.1 Å². The molecule has 3 heteroatoms. The first kappa shape index (κ1) is 10.4. The molecule has 0 saturated heterocycles. The van der Waals surface area contributed by atoms with Crippen molar-refractivity contribution in [2.75, 3.05) is 4.90 Å². The Kier molecular flexibility index (Phi) is 2.61. The molecule has 83 valence electrons. The maximum atomic E-state index is 12.3. The zero-order valence-corrected chi connectivity index (χ0v) is 9.85. The second-order valence-electron chi connectivity index (χ2n) is 3.73. The fourth-order valence-electron chi connectivity index (χ4n) is 1.80. The van der Waals surface area contributed by atoms with E-state index in [0.717, 1.165) is 10.6 Å². The summed E-state index contributed by atoms with van der Waals surface area (Å²) in [6.45, 7) is 0. The summed E-state index contributed by atoms with van der Waals surface area (Å²) in [7, 11) is 0. The molecule has 1 heterocycles. The van der Waals surface area contributed by atoms with Crippen molar-refractivity contribution in [3.8, 4) is 0 Å². The Morgan fingerprint density at radius 2 is 1.65 bits per heavy atom. The zero-order chi connectivity index (χ0) is 11.7. The summed E-state index contributed by atoms with van der Waals surface area (Å²) in [5.41, 5.74) is 1.67. The molecule has 0 saturated carbocycles. The van der Waals surface area contributed by atoms with Crippen molar-refractivity contribution in [3.63, 3.8) is 0 Å². The summed E-state index contributed by atoms with van der Waals surface area (Å²) in [5, 5.41) is 0. The molecule has 0 aliphatic carbocycles. The minimum absolute atomic E-state index is 0.0167. The lowest BCUT2D eigenvalue weighted by molar-refractivity contribution is 0.0996. The molecule has 2 aromatic carbocycles. The number of hydrogen-bond donors (Lipinski definition) is 0. The minimum atomic E-state index is 0.0167. The van der Waals surface area contributed by atoms with Gasteiger partial charge in [0, 0.05) is 10.5 Å². The number of benzene rings is 2. The fraction of sp³-hybridized carbons (Fsp3) is 0. The van der Waals surface area contributed by atoms with E-state index in [2.05, 4.69) is 0 Å². The normalized spacial score (nSPS) is 13.5. The highest BCUT2D eigenvalue weighted by Gasteiger charge is 2.25. The monoisotopic (exact) mass is 240 g/mol. The lowest BCUT2D eigenvalue weighted by atomic mass is 10.2. The third kappa shape index (κ3) is 1.83. The number of amides is 1. The highest BCUT2D eigenvalue weighted by Crippen LogP contribution is 2.41. The largest absolute Gasteiger partial charge is 0.291 e. The Labute approximate surface area is 104 Å². The van der Waals surface area contributed by atoms with Crippen LogP contribution in [0.2, 0.25) is 0 Å². The van der Waals surface area contributed by atoms with Crippen LogP contribution in [0.1, 0.15) is 10.4 Å². The first-order chi connectivity index (χ1) is 8.36. The van der Waals surface area contributed by atoms with Gasteiger partial charge in [-0.2, -0.15) is 0 Å². The molecule has 17 heavy (non-hydrogen) atoms. The van der Waals surface area contributed by atoms with E-state index in [1.165, 1.54) is 0 Å². The minimum Gasteiger partial charge on any atom is -0.291 e. The number of nitrogens with zero attached hydrogens (tertiary/aromatic N) is 1. The van der Waals surface area contributed by atoms with Crippen LogP contribution in [0.5, 0.6) is 0 Å². The van der Waals surface area contributed by atoms with Gasteiger partial charge in [-0.15, -0.1) is 0 Å². The van der Waals surface area contributed by atoms with Gasteiger partial charge in [0.05, 0.1) is 5.69 Å². The number of hydrogen-bond acceptors (Lipinski definition) is 2. The Hall–Kier alpha value is -1.74. The summed E-state index contributed by atoms with van der Waals surface area (Å²) >= 11 is 1.58. The van der Waals surface area contributed by atoms with Crippen LogP contribution >= 0.6 is 11.8 Å². The lowest BCUT2D eigenvalue weighted by Gasteiger charge is -2.15. The molecule has 2 aromatic rings. The van der Waals surface area contributed by atoms with E-state index in [1.54, 1.807) is 16.7 Å². The average Bonchev–Trinajstić information content (AvgIpc) is 2.83. The van der Waals surface area contributed by atoms with Gasteiger partial charge in [0.25, 0.3) is 5.91 Å². The molecular formula is C14H10NOS. The van der Waals surface area contributed by atoms with Crippen molar-refractivity contribution < 1.29 is 4.79 Å². The van der Waals surface area contributed by atoms with E-state index in [1.807, 2.05) is 60.5 Å². The predicted molar refractivity (Wildman–Crippen MR) is 69.9 cm³/mol. The van der Waals surface area contributed by atoms with Crippen molar-refractivity contribution >= 4 is 23.4 Å². The third-order valence-corrected chi connectivity index (χ3v) is 3.56. The van der Waals surface area contributed by atoms with Crippen molar-refractivity contribution in [2.45, 2.75) is 4.90 Å². The van der Waals surface area contributed by atoms with Crippen LogP contribution in [0.4, 0.5) is 5.69 Å². The first-order valence-corrected chi connectivity index (χ1v) is 6.22. The molecule has 0 atom stereocenters. The van der Waals surface area contributed by atoms with Crippen LogP contribution in [0.3, 0.4) is 0 Å². The molecule has 0 unspecified atom stereocenters. The molecule has 0 spiro atoms. The lowest BCUT2D eigenvalue weighted by Crippen LogP contribution is -2.24. The smallest absolute Gasteiger partial charge is 0.259 e.